The van der Waals surface area contributed by atoms with Crippen LogP contribution in [0.15, 0.2) is 50.8 Å². The number of fused-ring (bicyclic) bond motifs is 1. The molecule has 1 amide bonds. The van der Waals surface area contributed by atoms with Crippen LogP contribution in [0.25, 0.3) is 10.9 Å². The van der Waals surface area contributed by atoms with Crippen LogP contribution in [0, 0.1) is 18.3 Å². The Morgan fingerprint density at radius 2 is 2.03 bits per heavy atom. The smallest absolute Gasteiger partial charge is 0.431 e. The maximum Gasteiger partial charge on any atom is 0.431 e. The molecule has 0 fully saturated rings. The van der Waals surface area contributed by atoms with Gasteiger partial charge in [-0.25, -0.2) is 18.2 Å². The van der Waals surface area contributed by atoms with E-state index in [0.717, 1.165) is 24.0 Å². The van der Waals surface area contributed by atoms with E-state index in [4.69, 9.17) is 0 Å². The van der Waals surface area contributed by atoms with Gasteiger partial charge in [0.2, 0.25) is 0 Å². The molecule has 3 rings (SSSR count). The first-order valence-corrected chi connectivity index (χ1v) is 11.0. The topological polar surface area (TPSA) is 133 Å². The Kier molecular flexibility index (Phi) is 5.65. The average Bonchev–Trinajstić information content (AvgIpc) is 2.71. The van der Waals surface area contributed by atoms with Crippen LogP contribution in [0.1, 0.15) is 18.1 Å². The van der Waals surface area contributed by atoms with Gasteiger partial charge in [0.15, 0.2) is 9.84 Å². The third-order valence-corrected chi connectivity index (χ3v) is 7.08. The predicted molar refractivity (Wildman–Crippen MR) is 113 cm³/mol. The standard InChI is InChI=1S/C19H15BrN4O5S/c1-3-30(28,29)17-5-4-12(9-21)7-16(17)24(19(26)27)23-10-22-15-6-11(2)14(20)8-13(15)18(23)25/h4-8,10H,3H2,1-2H3,(H,26,27). The highest BCUT2D eigenvalue weighted by Gasteiger charge is 2.27. The summed E-state index contributed by atoms with van der Waals surface area (Å²) in [5, 5.41) is 19.7. The first-order valence-electron chi connectivity index (χ1n) is 8.58. The molecule has 1 heterocycles. The third kappa shape index (κ3) is 3.67. The van der Waals surface area contributed by atoms with Crippen molar-refractivity contribution in [1.29, 1.82) is 5.26 Å². The zero-order valence-electron chi connectivity index (χ0n) is 15.8. The number of nitrogens with zero attached hydrogens (tertiary/aromatic N) is 4. The predicted octanol–water partition coefficient (Wildman–Crippen LogP) is 3.08. The van der Waals surface area contributed by atoms with Crippen LogP contribution in [0.4, 0.5) is 10.5 Å². The van der Waals surface area contributed by atoms with Gasteiger partial charge in [-0.15, -0.1) is 0 Å². The van der Waals surface area contributed by atoms with Gasteiger partial charge in [-0.05, 0) is 42.8 Å². The molecule has 2 aromatic carbocycles. The number of anilines is 1. The average molecular weight is 491 g/mol. The summed E-state index contributed by atoms with van der Waals surface area (Å²) in [5.74, 6) is -0.295. The normalized spacial score (nSPS) is 11.3. The molecule has 0 saturated heterocycles. The van der Waals surface area contributed by atoms with Crippen molar-refractivity contribution in [3.05, 3.63) is 62.6 Å². The Hall–Kier alpha value is -3.23. The van der Waals surface area contributed by atoms with Crippen LogP contribution in [0.2, 0.25) is 0 Å². The molecule has 1 N–H and O–H groups in total. The molecule has 0 spiro atoms. The van der Waals surface area contributed by atoms with E-state index in [0.29, 0.717) is 19.7 Å². The largest absolute Gasteiger partial charge is 0.463 e. The van der Waals surface area contributed by atoms with E-state index < -0.39 is 21.5 Å². The molecule has 1 aromatic heterocycles. The van der Waals surface area contributed by atoms with E-state index >= 15 is 0 Å². The fraction of sp³-hybridized carbons (Fsp3) is 0.158. The van der Waals surface area contributed by atoms with Crippen molar-refractivity contribution >= 4 is 48.5 Å². The number of aromatic nitrogens is 2. The fourth-order valence-electron chi connectivity index (χ4n) is 2.86. The van der Waals surface area contributed by atoms with Gasteiger partial charge in [0.05, 0.1) is 38.9 Å². The number of aryl methyl sites for hydroxylation is 1. The molecule has 0 radical (unpaired) electrons. The summed E-state index contributed by atoms with van der Waals surface area (Å²) in [7, 11) is -3.87. The van der Waals surface area contributed by atoms with E-state index in [-0.39, 0.29) is 27.3 Å². The molecule has 0 aliphatic rings. The van der Waals surface area contributed by atoms with Crippen LogP contribution in [-0.2, 0) is 9.84 Å². The second-order valence-electron chi connectivity index (χ2n) is 6.30. The molecule has 0 bridgehead atoms. The molecule has 0 saturated carbocycles. The molecule has 0 unspecified atom stereocenters. The molecule has 11 heteroatoms. The zero-order valence-corrected chi connectivity index (χ0v) is 18.2. The van der Waals surface area contributed by atoms with Crippen molar-refractivity contribution in [3.63, 3.8) is 0 Å². The number of nitriles is 1. The molecule has 3 aromatic rings. The van der Waals surface area contributed by atoms with E-state index in [2.05, 4.69) is 20.9 Å². The van der Waals surface area contributed by atoms with Crippen LogP contribution >= 0.6 is 15.9 Å². The van der Waals surface area contributed by atoms with Crippen molar-refractivity contribution in [2.45, 2.75) is 18.7 Å². The molecule has 154 valence electrons. The Labute approximate surface area is 179 Å². The van der Waals surface area contributed by atoms with Crippen molar-refractivity contribution < 1.29 is 18.3 Å². The number of sulfone groups is 1. The van der Waals surface area contributed by atoms with Crippen molar-refractivity contribution in [1.82, 2.24) is 9.66 Å². The Bertz CT molecular complexity index is 1390. The number of hydrogen-bond donors (Lipinski definition) is 1. The fourth-order valence-corrected chi connectivity index (χ4v) is 4.26. The third-order valence-electron chi connectivity index (χ3n) is 4.45. The highest BCUT2D eigenvalue weighted by atomic mass is 79.9. The van der Waals surface area contributed by atoms with Crippen LogP contribution < -0.4 is 10.6 Å². The quantitative estimate of drug-likeness (QED) is 0.593. The minimum absolute atomic E-state index is 0.0338. The van der Waals surface area contributed by atoms with Gasteiger partial charge in [-0.3, -0.25) is 4.79 Å². The Morgan fingerprint density at radius 3 is 2.63 bits per heavy atom. The van der Waals surface area contributed by atoms with Gasteiger partial charge < -0.3 is 5.11 Å². The SMILES string of the molecule is CCS(=O)(=O)c1ccc(C#N)cc1N(C(=O)O)n1cnc2cc(C)c(Br)cc2c1=O. The van der Waals surface area contributed by atoms with Crippen LogP contribution in [-0.4, -0.2) is 35.0 Å². The van der Waals surface area contributed by atoms with E-state index in [1.807, 2.05) is 13.0 Å². The van der Waals surface area contributed by atoms with E-state index in [1.165, 1.54) is 19.1 Å². The summed E-state index contributed by atoms with van der Waals surface area (Å²) in [6, 6.07) is 8.57. The lowest BCUT2D eigenvalue weighted by Crippen LogP contribution is -2.43. The van der Waals surface area contributed by atoms with Crippen LogP contribution in [0.5, 0.6) is 0 Å². The minimum atomic E-state index is -3.87. The number of amides is 1. The highest BCUT2D eigenvalue weighted by Crippen LogP contribution is 2.28. The van der Waals surface area contributed by atoms with Gasteiger partial charge >= 0.3 is 6.09 Å². The summed E-state index contributed by atoms with van der Waals surface area (Å²) in [5.41, 5.74) is 0.171. The van der Waals surface area contributed by atoms with Gasteiger partial charge in [-0.1, -0.05) is 22.9 Å². The summed E-state index contributed by atoms with van der Waals surface area (Å²) in [6.45, 7) is 3.22. The summed E-state index contributed by atoms with van der Waals surface area (Å²) >= 11 is 3.33. The first-order chi connectivity index (χ1) is 14.1. The number of carboxylic acid groups (broad SMARTS) is 1. The molecule has 0 aliphatic carbocycles. The van der Waals surface area contributed by atoms with Gasteiger partial charge in [0.25, 0.3) is 5.56 Å². The lowest BCUT2D eigenvalue weighted by molar-refractivity contribution is 0.198. The maximum absolute atomic E-state index is 13.1. The Morgan fingerprint density at radius 1 is 1.33 bits per heavy atom. The van der Waals surface area contributed by atoms with Gasteiger partial charge in [0.1, 0.15) is 6.33 Å². The highest BCUT2D eigenvalue weighted by molar-refractivity contribution is 9.10. The summed E-state index contributed by atoms with van der Waals surface area (Å²) in [4.78, 5) is 29.0. The number of hydrogen-bond acceptors (Lipinski definition) is 6. The molecular formula is C19H15BrN4O5S. The second-order valence-corrected chi connectivity index (χ2v) is 9.41. The second kappa shape index (κ2) is 7.89. The Balaban J connectivity index is 2.38. The number of carbonyl (C=O) groups is 1. The van der Waals surface area contributed by atoms with Gasteiger partial charge in [-0.2, -0.15) is 14.9 Å². The number of benzene rings is 2. The van der Waals surface area contributed by atoms with Crippen molar-refractivity contribution in [3.8, 4) is 6.07 Å². The minimum Gasteiger partial charge on any atom is -0.463 e. The zero-order chi connectivity index (χ0) is 22.2. The lowest BCUT2D eigenvalue weighted by Gasteiger charge is -2.23. The number of rotatable bonds is 4. The molecule has 0 aliphatic heterocycles. The molecular weight excluding hydrogens is 476 g/mol. The van der Waals surface area contributed by atoms with E-state index in [9.17, 15) is 28.4 Å². The number of halogens is 1. The molecule has 30 heavy (non-hydrogen) atoms. The first kappa shape index (κ1) is 21.5. The molecule has 9 nitrogen and oxygen atoms in total. The van der Waals surface area contributed by atoms with Crippen LogP contribution in [0.3, 0.4) is 0 Å². The monoisotopic (exact) mass is 490 g/mol. The van der Waals surface area contributed by atoms with Crippen molar-refractivity contribution in [2.75, 3.05) is 10.8 Å². The van der Waals surface area contributed by atoms with E-state index in [1.54, 1.807) is 6.07 Å². The molecule has 0 atom stereocenters. The summed E-state index contributed by atoms with van der Waals surface area (Å²) in [6.07, 6.45) is -0.611. The van der Waals surface area contributed by atoms with Crippen molar-refractivity contribution in [2.24, 2.45) is 0 Å². The maximum atomic E-state index is 13.1. The lowest BCUT2D eigenvalue weighted by atomic mass is 10.2. The summed E-state index contributed by atoms with van der Waals surface area (Å²) < 4.78 is 26.4. The van der Waals surface area contributed by atoms with Gasteiger partial charge in [0, 0.05) is 4.47 Å².